The van der Waals surface area contributed by atoms with Gasteiger partial charge in [0.25, 0.3) is 0 Å². The molecule has 0 aliphatic heterocycles. The normalized spacial score (nSPS) is 30.9. The lowest BCUT2D eigenvalue weighted by Crippen LogP contribution is -2.48. The SMILES string of the molecule is CCCNC1CC(C)CCC1C(C)(C)C(C)C. The number of hydrogen-bond donors (Lipinski definition) is 1. The molecule has 1 saturated carbocycles. The first-order chi connectivity index (χ1) is 7.89. The van der Waals surface area contributed by atoms with E-state index in [2.05, 4.69) is 46.9 Å². The van der Waals surface area contributed by atoms with Gasteiger partial charge in [-0.25, -0.2) is 0 Å². The standard InChI is InChI=1S/C16H33N/c1-7-10-17-15-11-13(4)8-9-14(15)16(5,6)12(2)3/h12-15,17H,7-11H2,1-6H3. The van der Waals surface area contributed by atoms with Gasteiger partial charge in [0.1, 0.15) is 0 Å². The molecular weight excluding hydrogens is 206 g/mol. The molecule has 0 aromatic heterocycles. The first kappa shape index (κ1) is 15.0. The molecule has 0 amide bonds. The Morgan fingerprint density at radius 1 is 1.24 bits per heavy atom. The first-order valence-electron chi connectivity index (χ1n) is 7.63. The van der Waals surface area contributed by atoms with Crippen molar-refractivity contribution in [1.82, 2.24) is 5.32 Å². The van der Waals surface area contributed by atoms with Gasteiger partial charge in [-0.1, -0.05) is 48.0 Å². The molecule has 1 aliphatic rings. The summed E-state index contributed by atoms with van der Waals surface area (Å²) in [5.74, 6) is 2.53. The Morgan fingerprint density at radius 3 is 2.41 bits per heavy atom. The van der Waals surface area contributed by atoms with Gasteiger partial charge in [0, 0.05) is 6.04 Å². The molecule has 1 heteroatoms. The van der Waals surface area contributed by atoms with Crippen LogP contribution in [0.3, 0.4) is 0 Å². The van der Waals surface area contributed by atoms with Crippen LogP contribution >= 0.6 is 0 Å². The third kappa shape index (κ3) is 3.71. The van der Waals surface area contributed by atoms with E-state index < -0.39 is 0 Å². The summed E-state index contributed by atoms with van der Waals surface area (Å²) in [6.45, 7) is 15.6. The summed E-state index contributed by atoms with van der Waals surface area (Å²) in [7, 11) is 0. The highest BCUT2D eigenvalue weighted by molar-refractivity contribution is 4.93. The molecule has 3 unspecified atom stereocenters. The summed E-state index contributed by atoms with van der Waals surface area (Å²) in [6, 6.07) is 0.746. The molecule has 0 saturated heterocycles. The van der Waals surface area contributed by atoms with E-state index in [0.29, 0.717) is 5.41 Å². The van der Waals surface area contributed by atoms with Gasteiger partial charge in [0.05, 0.1) is 0 Å². The number of hydrogen-bond acceptors (Lipinski definition) is 1. The van der Waals surface area contributed by atoms with E-state index in [1.165, 1.54) is 32.2 Å². The van der Waals surface area contributed by atoms with Crippen LogP contribution in [0.5, 0.6) is 0 Å². The molecule has 1 nitrogen and oxygen atoms in total. The fourth-order valence-electron chi connectivity index (χ4n) is 3.25. The Hall–Kier alpha value is -0.0400. The molecule has 0 heterocycles. The molecule has 1 aliphatic carbocycles. The van der Waals surface area contributed by atoms with E-state index in [1.54, 1.807) is 0 Å². The van der Waals surface area contributed by atoms with Crippen LogP contribution < -0.4 is 5.32 Å². The van der Waals surface area contributed by atoms with E-state index >= 15 is 0 Å². The summed E-state index contributed by atoms with van der Waals surface area (Å²) in [4.78, 5) is 0. The average Bonchev–Trinajstić information content (AvgIpc) is 2.25. The summed E-state index contributed by atoms with van der Waals surface area (Å²) in [5, 5.41) is 3.81. The molecule has 0 radical (unpaired) electrons. The minimum absolute atomic E-state index is 0.464. The first-order valence-corrected chi connectivity index (χ1v) is 7.63. The van der Waals surface area contributed by atoms with Crippen LogP contribution in [0.4, 0.5) is 0 Å². The summed E-state index contributed by atoms with van der Waals surface area (Å²) in [5.41, 5.74) is 0.464. The molecule has 1 N–H and O–H groups in total. The fraction of sp³-hybridized carbons (Fsp3) is 1.00. The van der Waals surface area contributed by atoms with Crippen LogP contribution in [0, 0.1) is 23.2 Å². The van der Waals surface area contributed by atoms with Crippen molar-refractivity contribution in [3.63, 3.8) is 0 Å². The van der Waals surface area contributed by atoms with Crippen LogP contribution in [-0.2, 0) is 0 Å². The Morgan fingerprint density at radius 2 is 1.88 bits per heavy atom. The van der Waals surface area contributed by atoms with Crippen molar-refractivity contribution in [3.05, 3.63) is 0 Å². The van der Waals surface area contributed by atoms with Crippen molar-refractivity contribution in [2.75, 3.05) is 6.54 Å². The number of rotatable bonds is 5. The topological polar surface area (TPSA) is 12.0 Å². The molecule has 17 heavy (non-hydrogen) atoms. The second kappa shape index (κ2) is 6.22. The fourth-order valence-corrected chi connectivity index (χ4v) is 3.25. The molecule has 102 valence electrons. The van der Waals surface area contributed by atoms with Gasteiger partial charge in [-0.2, -0.15) is 0 Å². The van der Waals surface area contributed by atoms with E-state index in [1.807, 2.05) is 0 Å². The van der Waals surface area contributed by atoms with Crippen molar-refractivity contribution in [2.24, 2.45) is 23.2 Å². The van der Waals surface area contributed by atoms with Crippen LogP contribution in [0.1, 0.15) is 67.2 Å². The maximum atomic E-state index is 3.81. The smallest absolute Gasteiger partial charge is 0.0103 e. The van der Waals surface area contributed by atoms with Crippen LogP contribution in [-0.4, -0.2) is 12.6 Å². The minimum atomic E-state index is 0.464. The van der Waals surface area contributed by atoms with E-state index in [4.69, 9.17) is 0 Å². The lowest BCUT2D eigenvalue weighted by atomic mass is 9.62. The van der Waals surface area contributed by atoms with Gasteiger partial charge >= 0.3 is 0 Å². The zero-order valence-electron chi connectivity index (χ0n) is 12.8. The lowest BCUT2D eigenvalue weighted by Gasteiger charge is -2.47. The van der Waals surface area contributed by atoms with E-state index in [9.17, 15) is 0 Å². The second-order valence-electron chi connectivity index (χ2n) is 7.06. The zero-order chi connectivity index (χ0) is 13.1. The summed E-state index contributed by atoms with van der Waals surface area (Å²) >= 11 is 0. The van der Waals surface area contributed by atoms with E-state index in [0.717, 1.165) is 23.8 Å². The molecule has 1 fully saturated rings. The zero-order valence-corrected chi connectivity index (χ0v) is 12.8. The van der Waals surface area contributed by atoms with Crippen molar-refractivity contribution in [1.29, 1.82) is 0 Å². The highest BCUT2D eigenvalue weighted by Crippen LogP contribution is 2.44. The third-order valence-electron chi connectivity index (χ3n) is 5.21. The van der Waals surface area contributed by atoms with Gasteiger partial charge in [0.15, 0.2) is 0 Å². The highest BCUT2D eigenvalue weighted by atomic mass is 14.9. The molecule has 0 bridgehead atoms. The molecule has 0 spiro atoms. The minimum Gasteiger partial charge on any atom is -0.314 e. The lowest BCUT2D eigenvalue weighted by molar-refractivity contribution is 0.0559. The maximum Gasteiger partial charge on any atom is 0.0103 e. The number of nitrogens with one attached hydrogen (secondary N) is 1. The van der Waals surface area contributed by atoms with Gasteiger partial charge in [-0.3, -0.25) is 0 Å². The van der Waals surface area contributed by atoms with Crippen LogP contribution in [0.2, 0.25) is 0 Å². The predicted octanol–water partition coefficient (Wildman–Crippen LogP) is 4.47. The molecule has 0 aromatic rings. The van der Waals surface area contributed by atoms with Crippen molar-refractivity contribution < 1.29 is 0 Å². The van der Waals surface area contributed by atoms with Crippen molar-refractivity contribution in [2.45, 2.75) is 73.3 Å². The monoisotopic (exact) mass is 239 g/mol. The van der Waals surface area contributed by atoms with Crippen molar-refractivity contribution in [3.8, 4) is 0 Å². The quantitative estimate of drug-likeness (QED) is 0.746. The highest BCUT2D eigenvalue weighted by Gasteiger charge is 2.40. The van der Waals surface area contributed by atoms with Crippen LogP contribution in [0.15, 0.2) is 0 Å². The molecule has 1 rings (SSSR count). The predicted molar refractivity (Wildman–Crippen MR) is 77.2 cm³/mol. The van der Waals surface area contributed by atoms with Gasteiger partial charge in [-0.15, -0.1) is 0 Å². The Bertz CT molecular complexity index is 220. The summed E-state index contributed by atoms with van der Waals surface area (Å²) < 4.78 is 0. The Labute approximate surface area is 109 Å². The molecule has 3 atom stereocenters. The second-order valence-corrected chi connectivity index (χ2v) is 7.06. The third-order valence-corrected chi connectivity index (χ3v) is 5.21. The Kier molecular flexibility index (Phi) is 5.50. The van der Waals surface area contributed by atoms with Crippen LogP contribution in [0.25, 0.3) is 0 Å². The molecule has 0 aromatic carbocycles. The average molecular weight is 239 g/mol. The van der Waals surface area contributed by atoms with Gasteiger partial charge in [-0.05, 0) is 49.0 Å². The van der Waals surface area contributed by atoms with Crippen molar-refractivity contribution >= 4 is 0 Å². The van der Waals surface area contributed by atoms with Gasteiger partial charge in [0.2, 0.25) is 0 Å². The Balaban J connectivity index is 2.72. The largest absolute Gasteiger partial charge is 0.314 e. The maximum absolute atomic E-state index is 3.81. The summed E-state index contributed by atoms with van der Waals surface area (Å²) in [6.07, 6.45) is 5.46. The molecular formula is C16H33N. The van der Waals surface area contributed by atoms with Gasteiger partial charge < -0.3 is 5.32 Å². The van der Waals surface area contributed by atoms with E-state index in [-0.39, 0.29) is 0 Å².